The Morgan fingerprint density at radius 1 is 1.12 bits per heavy atom. The van der Waals surface area contributed by atoms with Gasteiger partial charge < -0.3 is 16.0 Å². The maximum atomic E-state index is 12.3. The first-order chi connectivity index (χ1) is 12.0. The van der Waals surface area contributed by atoms with E-state index in [1.165, 1.54) is 11.1 Å². The van der Waals surface area contributed by atoms with Crippen molar-refractivity contribution in [2.45, 2.75) is 52.2 Å². The van der Waals surface area contributed by atoms with Crippen LogP contribution in [-0.4, -0.2) is 54.0 Å². The average Bonchev–Trinajstić information content (AvgIpc) is 2.61. The molecule has 1 amide bonds. The predicted molar refractivity (Wildman–Crippen MR) is 103 cm³/mol. The van der Waals surface area contributed by atoms with E-state index in [0.29, 0.717) is 13.0 Å². The van der Waals surface area contributed by atoms with Crippen molar-refractivity contribution in [3.63, 3.8) is 0 Å². The third-order valence-corrected chi connectivity index (χ3v) is 5.15. The zero-order valence-corrected chi connectivity index (χ0v) is 16.1. The molecule has 0 saturated carbocycles. The molecule has 1 heterocycles. The number of carbonyl (C=O) groups is 1. The van der Waals surface area contributed by atoms with E-state index in [4.69, 9.17) is 5.73 Å². The van der Waals surface area contributed by atoms with Crippen LogP contribution in [0.25, 0.3) is 0 Å². The molecular formula is C20H34N4O. The smallest absolute Gasteiger partial charge is 0.240 e. The number of nitrogens with zero attached hydrogens (tertiary/aromatic N) is 2. The Labute approximate surface area is 152 Å². The summed E-state index contributed by atoms with van der Waals surface area (Å²) in [6.45, 7) is 13.2. The number of nitrogens with one attached hydrogen (secondary N) is 1. The predicted octanol–water partition coefficient (Wildman–Crippen LogP) is 1.96. The van der Waals surface area contributed by atoms with Gasteiger partial charge in [-0.1, -0.05) is 44.5 Å². The van der Waals surface area contributed by atoms with Gasteiger partial charge in [-0.15, -0.1) is 0 Å². The number of amides is 1. The third kappa shape index (κ3) is 5.80. The molecule has 1 aromatic rings. The Bertz CT molecular complexity index is 550. The second kappa shape index (κ2) is 9.32. The van der Waals surface area contributed by atoms with E-state index >= 15 is 0 Å². The summed E-state index contributed by atoms with van der Waals surface area (Å²) < 4.78 is 0. The largest absolute Gasteiger partial charge is 0.350 e. The van der Waals surface area contributed by atoms with E-state index in [1.807, 2.05) is 19.9 Å². The summed E-state index contributed by atoms with van der Waals surface area (Å²) in [6, 6.07) is 8.38. The molecule has 2 rings (SSSR count). The normalized spacial score (nSPS) is 18.7. The molecule has 1 fully saturated rings. The number of piperazine rings is 1. The summed E-state index contributed by atoms with van der Waals surface area (Å²) in [5.74, 6) is -0.0688. The monoisotopic (exact) mass is 346 g/mol. The van der Waals surface area contributed by atoms with Crippen LogP contribution in [0.3, 0.4) is 0 Å². The van der Waals surface area contributed by atoms with E-state index in [-0.39, 0.29) is 5.91 Å². The molecule has 0 bridgehead atoms. The number of carbonyl (C=O) groups excluding carboxylic acids is 1. The van der Waals surface area contributed by atoms with Gasteiger partial charge in [-0.2, -0.15) is 0 Å². The van der Waals surface area contributed by atoms with Crippen molar-refractivity contribution in [2.75, 3.05) is 32.7 Å². The summed E-state index contributed by atoms with van der Waals surface area (Å²) in [4.78, 5) is 17.3. The first kappa shape index (κ1) is 19.9. The van der Waals surface area contributed by atoms with Crippen LogP contribution >= 0.6 is 0 Å². The highest BCUT2D eigenvalue weighted by Crippen LogP contribution is 2.15. The highest BCUT2D eigenvalue weighted by atomic mass is 16.2. The molecule has 0 aromatic heterocycles. The minimum absolute atomic E-state index is 0.0688. The standard InChI is InChI=1S/C20H34N4O/c1-4-10-20(3,21)19(25)22-15-17-8-6-7-9-18(17)16-24-13-11-23(5-2)12-14-24/h6-9H,4-5,10-16,21H2,1-3H3,(H,22,25). The fraction of sp³-hybridized carbons (Fsp3) is 0.650. The van der Waals surface area contributed by atoms with Gasteiger partial charge in [0.25, 0.3) is 0 Å². The van der Waals surface area contributed by atoms with Gasteiger partial charge in [0, 0.05) is 39.3 Å². The fourth-order valence-corrected chi connectivity index (χ4v) is 3.40. The van der Waals surface area contributed by atoms with Crippen molar-refractivity contribution in [1.29, 1.82) is 0 Å². The van der Waals surface area contributed by atoms with Crippen LogP contribution in [0.2, 0.25) is 0 Å². The minimum Gasteiger partial charge on any atom is -0.350 e. The number of likely N-dealkylation sites (N-methyl/N-ethyl adjacent to an activating group) is 1. The van der Waals surface area contributed by atoms with Crippen LogP contribution in [-0.2, 0) is 17.9 Å². The summed E-state index contributed by atoms with van der Waals surface area (Å²) in [5, 5.41) is 3.03. The molecular weight excluding hydrogens is 312 g/mol. The van der Waals surface area contributed by atoms with Crippen molar-refractivity contribution in [1.82, 2.24) is 15.1 Å². The zero-order valence-electron chi connectivity index (χ0n) is 16.1. The van der Waals surface area contributed by atoms with Gasteiger partial charge in [-0.25, -0.2) is 0 Å². The first-order valence-corrected chi connectivity index (χ1v) is 9.55. The summed E-state index contributed by atoms with van der Waals surface area (Å²) in [5.41, 5.74) is 7.81. The van der Waals surface area contributed by atoms with Crippen LogP contribution in [0.1, 0.15) is 44.7 Å². The van der Waals surface area contributed by atoms with E-state index in [9.17, 15) is 4.79 Å². The molecule has 0 radical (unpaired) electrons. The van der Waals surface area contributed by atoms with Gasteiger partial charge in [0.2, 0.25) is 5.91 Å². The van der Waals surface area contributed by atoms with Gasteiger partial charge in [-0.3, -0.25) is 9.69 Å². The lowest BCUT2D eigenvalue weighted by atomic mass is 9.96. The van der Waals surface area contributed by atoms with Crippen LogP contribution in [0, 0.1) is 0 Å². The highest BCUT2D eigenvalue weighted by Gasteiger charge is 2.26. The quantitative estimate of drug-likeness (QED) is 0.755. The van der Waals surface area contributed by atoms with Crippen LogP contribution in [0.4, 0.5) is 0 Å². The lowest BCUT2D eigenvalue weighted by Gasteiger charge is -2.34. The van der Waals surface area contributed by atoms with Crippen LogP contribution in [0.5, 0.6) is 0 Å². The lowest BCUT2D eigenvalue weighted by molar-refractivity contribution is -0.126. The molecule has 1 saturated heterocycles. The van der Waals surface area contributed by atoms with Crippen LogP contribution in [0.15, 0.2) is 24.3 Å². The number of rotatable bonds is 8. The van der Waals surface area contributed by atoms with Crippen molar-refractivity contribution < 1.29 is 4.79 Å². The molecule has 5 heteroatoms. The summed E-state index contributed by atoms with van der Waals surface area (Å²) >= 11 is 0. The van der Waals surface area contributed by atoms with Gasteiger partial charge in [0.15, 0.2) is 0 Å². The molecule has 1 aliphatic rings. The average molecular weight is 347 g/mol. The van der Waals surface area contributed by atoms with Crippen molar-refractivity contribution in [3.8, 4) is 0 Å². The van der Waals surface area contributed by atoms with E-state index in [1.54, 1.807) is 0 Å². The van der Waals surface area contributed by atoms with E-state index in [2.05, 4.69) is 40.2 Å². The van der Waals surface area contributed by atoms with Gasteiger partial charge >= 0.3 is 0 Å². The fourth-order valence-electron chi connectivity index (χ4n) is 3.40. The molecule has 140 valence electrons. The second-order valence-corrected chi connectivity index (χ2v) is 7.33. The second-order valence-electron chi connectivity index (χ2n) is 7.33. The first-order valence-electron chi connectivity index (χ1n) is 9.55. The number of hydrogen-bond acceptors (Lipinski definition) is 4. The number of nitrogens with two attached hydrogens (primary N) is 1. The van der Waals surface area contributed by atoms with Crippen LogP contribution < -0.4 is 11.1 Å². The molecule has 25 heavy (non-hydrogen) atoms. The van der Waals surface area contributed by atoms with Gasteiger partial charge in [-0.05, 0) is 31.0 Å². The van der Waals surface area contributed by atoms with Crippen molar-refractivity contribution in [2.24, 2.45) is 5.73 Å². The molecule has 3 N–H and O–H groups in total. The Morgan fingerprint density at radius 2 is 1.72 bits per heavy atom. The molecule has 0 spiro atoms. The summed E-state index contributed by atoms with van der Waals surface area (Å²) in [6.07, 6.45) is 1.60. The molecule has 1 atom stereocenters. The third-order valence-electron chi connectivity index (χ3n) is 5.15. The number of benzene rings is 1. The Morgan fingerprint density at radius 3 is 2.32 bits per heavy atom. The van der Waals surface area contributed by atoms with Crippen molar-refractivity contribution >= 4 is 5.91 Å². The Hall–Kier alpha value is -1.43. The SMILES string of the molecule is CCCC(C)(N)C(=O)NCc1ccccc1CN1CCN(CC)CC1. The van der Waals surface area contributed by atoms with E-state index in [0.717, 1.165) is 45.7 Å². The van der Waals surface area contributed by atoms with Crippen molar-refractivity contribution in [3.05, 3.63) is 35.4 Å². The maximum Gasteiger partial charge on any atom is 0.240 e. The zero-order chi connectivity index (χ0) is 18.3. The topological polar surface area (TPSA) is 61.6 Å². The minimum atomic E-state index is -0.791. The van der Waals surface area contributed by atoms with Gasteiger partial charge in [0.05, 0.1) is 5.54 Å². The Balaban J connectivity index is 1.93. The summed E-state index contributed by atoms with van der Waals surface area (Å²) in [7, 11) is 0. The van der Waals surface area contributed by atoms with Gasteiger partial charge in [0.1, 0.15) is 0 Å². The lowest BCUT2D eigenvalue weighted by Crippen LogP contribution is -2.51. The molecule has 0 aliphatic carbocycles. The van der Waals surface area contributed by atoms with E-state index < -0.39 is 5.54 Å². The maximum absolute atomic E-state index is 12.3. The molecule has 5 nitrogen and oxygen atoms in total. The molecule has 1 unspecified atom stereocenters. The Kier molecular flexibility index (Phi) is 7.41. The highest BCUT2D eigenvalue weighted by molar-refractivity contribution is 5.85. The number of hydrogen-bond donors (Lipinski definition) is 2. The molecule has 1 aliphatic heterocycles. The molecule has 1 aromatic carbocycles.